The van der Waals surface area contributed by atoms with Gasteiger partial charge in [0.15, 0.2) is 0 Å². The van der Waals surface area contributed by atoms with Crippen molar-refractivity contribution < 1.29 is 9.53 Å². The molecule has 2 heteroatoms. The summed E-state index contributed by atoms with van der Waals surface area (Å²) in [5, 5.41) is 0. The van der Waals surface area contributed by atoms with Crippen LogP contribution < -0.4 is 0 Å². The van der Waals surface area contributed by atoms with E-state index in [1.165, 1.54) is 12.0 Å². The molecule has 0 saturated heterocycles. The van der Waals surface area contributed by atoms with Gasteiger partial charge < -0.3 is 4.74 Å². The molecular weight excluding hydrogens is 332 g/mol. The third-order valence-electron chi connectivity index (χ3n) is 5.84. The predicted molar refractivity (Wildman–Crippen MR) is 109 cm³/mol. The average molecular weight is 360 g/mol. The molecule has 3 rings (SSSR count). The second-order valence-corrected chi connectivity index (χ2v) is 8.17. The smallest absolute Gasteiger partial charge is 0.384 e. The van der Waals surface area contributed by atoms with Gasteiger partial charge in [0.2, 0.25) is 0 Å². The number of carbonyl (C=O) groups excluding carboxylic acids is 1. The molecule has 1 aliphatic rings. The summed E-state index contributed by atoms with van der Waals surface area (Å²) < 4.78 is 5.89. The lowest BCUT2D eigenvalue weighted by Crippen LogP contribution is -2.43. The molecule has 2 aromatic carbocycles. The van der Waals surface area contributed by atoms with E-state index in [1.807, 2.05) is 36.4 Å². The fourth-order valence-electron chi connectivity index (χ4n) is 4.18. The summed E-state index contributed by atoms with van der Waals surface area (Å²) in [4.78, 5) is 12.4. The van der Waals surface area contributed by atoms with Crippen LogP contribution in [0.2, 0.25) is 0 Å². The molecule has 1 fully saturated rings. The van der Waals surface area contributed by atoms with Crippen molar-refractivity contribution >= 4 is 5.97 Å². The summed E-state index contributed by atoms with van der Waals surface area (Å²) in [5.74, 6) is 6.00. The minimum absolute atomic E-state index is 0.0563. The molecule has 0 radical (unpaired) electrons. The van der Waals surface area contributed by atoms with Crippen molar-refractivity contribution in [2.24, 2.45) is 11.8 Å². The molecule has 2 aromatic rings. The van der Waals surface area contributed by atoms with Gasteiger partial charge in [-0.25, -0.2) is 4.79 Å². The number of benzene rings is 2. The molecule has 0 aromatic heterocycles. The largest absolute Gasteiger partial charge is 0.452 e. The van der Waals surface area contributed by atoms with Crippen LogP contribution in [0.5, 0.6) is 0 Å². The van der Waals surface area contributed by atoms with Crippen LogP contribution in [0.25, 0.3) is 0 Å². The van der Waals surface area contributed by atoms with Gasteiger partial charge in [-0.15, -0.1) is 0 Å². The van der Waals surface area contributed by atoms with E-state index in [-0.39, 0.29) is 11.5 Å². The summed E-state index contributed by atoms with van der Waals surface area (Å²) in [5.41, 5.74) is 2.06. The summed E-state index contributed by atoms with van der Waals surface area (Å²) in [6, 6.07) is 20.1. The van der Waals surface area contributed by atoms with E-state index in [4.69, 9.17) is 4.74 Å². The third-order valence-corrected chi connectivity index (χ3v) is 5.84. The fourth-order valence-corrected chi connectivity index (χ4v) is 4.18. The van der Waals surface area contributed by atoms with Crippen molar-refractivity contribution in [1.82, 2.24) is 0 Å². The Bertz CT molecular complexity index is 812. The van der Waals surface area contributed by atoms with E-state index >= 15 is 0 Å². The molecule has 0 heterocycles. The van der Waals surface area contributed by atoms with Gasteiger partial charge >= 0.3 is 5.97 Å². The quantitative estimate of drug-likeness (QED) is 0.544. The van der Waals surface area contributed by atoms with Crippen LogP contribution in [0.3, 0.4) is 0 Å². The molecule has 0 N–H and O–H groups in total. The van der Waals surface area contributed by atoms with Crippen molar-refractivity contribution in [2.75, 3.05) is 0 Å². The first-order valence-electron chi connectivity index (χ1n) is 9.80. The summed E-state index contributed by atoms with van der Waals surface area (Å²) in [6.07, 6.45) is 3.04. The molecule has 0 aliphatic heterocycles. The van der Waals surface area contributed by atoms with Crippen LogP contribution in [0.15, 0.2) is 60.7 Å². The first-order valence-corrected chi connectivity index (χ1v) is 9.80. The second kappa shape index (κ2) is 8.44. The van der Waals surface area contributed by atoms with Gasteiger partial charge in [-0.3, -0.25) is 0 Å². The molecule has 2 nitrogen and oxygen atoms in total. The minimum atomic E-state index is -0.424. The molecule has 0 bridgehead atoms. The Balaban J connectivity index is 1.76. The molecule has 140 valence electrons. The van der Waals surface area contributed by atoms with E-state index in [1.54, 1.807) is 0 Å². The van der Waals surface area contributed by atoms with Crippen molar-refractivity contribution in [3.05, 3.63) is 71.8 Å². The van der Waals surface area contributed by atoms with Crippen LogP contribution in [0.1, 0.15) is 51.2 Å². The number of rotatable bonds is 3. The fraction of sp³-hybridized carbons (Fsp3) is 0.400. The minimum Gasteiger partial charge on any atom is -0.452 e. The molecule has 1 saturated carbocycles. The van der Waals surface area contributed by atoms with Gasteiger partial charge in [0, 0.05) is 17.4 Å². The molecule has 3 atom stereocenters. The van der Waals surface area contributed by atoms with Gasteiger partial charge in [-0.2, -0.15) is 0 Å². The molecular formula is C25H28O2. The third kappa shape index (κ3) is 4.80. The SMILES string of the molecule is CC1CCC(C(C)(C)c2ccccc2)C(OC(=O)C#Cc2ccccc2)C1. The molecule has 0 spiro atoms. The van der Waals surface area contributed by atoms with Crippen molar-refractivity contribution in [2.45, 2.75) is 51.6 Å². The van der Waals surface area contributed by atoms with Gasteiger partial charge in [0.1, 0.15) is 6.10 Å². The van der Waals surface area contributed by atoms with Crippen molar-refractivity contribution in [3.63, 3.8) is 0 Å². The van der Waals surface area contributed by atoms with E-state index in [0.29, 0.717) is 11.8 Å². The van der Waals surface area contributed by atoms with Gasteiger partial charge in [0.05, 0.1) is 0 Å². The molecule has 27 heavy (non-hydrogen) atoms. The van der Waals surface area contributed by atoms with Gasteiger partial charge in [0.25, 0.3) is 0 Å². The van der Waals surface area contributed by atoms with Crippen LogP contribution in [-0.2, 0) is 14.9 Å². The summed E-state index contributed by atoms with van der Waals surface area (Å²) in [7, 11) is 0. The number of ether oxygens (including phenoxy) is 1. The van der Waals surface area contributed by atoms with Crippen molar-refractivity contribution in [3.8, 4) is 11.8 Å². The Kier molecular flexibility index (Phi) is 6.01. The lowest BCUT2D eigenvalue weighted by atomic mass is 9.64. The second-order valence-electron chi connectivity index (χ2n) is 8.17. The summed E-state index contributed by atoms with van der Waals surface area (Å²) in [6.45, 7) is 6.77. The zero-order valence-corrected chi connectivity index (χ0v) is 16.4. The Hall–Kier alpha value is -2.53. The normalized spacial score (nSPS) is 22.4. The van der Waals surface area contributed by atoms with E-state index < -0.39 is 5.97 Å². The highest BCUT2D eigenvalue weighted by Crippen LogP contribution is 2.43. The highest BCUT2D eigenvalue weighted by Gasteiger charge is 2.41. The highest BCUT2D eigenvalue weighted by molar-refractivity contribution is 5.89. The van der Waals surface area contributed by atoms with Crippen LogP contribution in [-0.4, -0.2) is 12.1 Å². The molecule has 0 amide bonds. The predicted octanol–water partition coefficient (Wildman–Crippen LogP) is 5.36. The Morgan fingerprint density at radius 3 is 2.30 bits per heavy atom. The first-order chi connectivity index (χ1) is 13.0. The standard InChI is InChI=1S/C25H28O2/c1-19-14-16-22(25(2,3)21-12-8-5-9-13-21)23(18-19)27-24(26)17-15-20-10-6-4-7-11-20/h4-13,19,22-23H,14,16,18H2,1-3H3. The van der Waals surface area contributed by atoms with E-state index in [9.17, 15) is 4.79 Å². The molecule has 3 unspecified atom stereocenters. The van der Waals surface area contributed by atoms with Crippen LogP contribution >= 0.6 is 0 Å². The maximum absolute atomic E-state index is 12.4. The average Bonchev–Trinajstić information content (AvgIpc) is 2.68. The van der Waals surface area contributed by atoms with E-state index in [0.717, 1.165) is 18.4 Å². The Labute approximate surface area is 163 Å². The van der Waals surface area contributed by atoms with E-state index in [2.05, 4.69) is 56.9 Å². The zero-order chi connectivity index (χ0) is 19.3. The summed E-state index contributed by atoms with van der Waals surface area (Å²) >= 11 is 0. The topological polar surface area (TPSA) is 26.3 Å². The lowest BCUT2D eigenvalue weighted by molar-refractivity contribution is -0.149. The number of esters is 1. The van der Waals surface area contributed by atoms with Gasteiger partial charge in [-0.05, 0) is 41.9 Å². The van der Waals surface area contributed by atoms with Gasteiger partial charge in [-0.1, -0.05) is 81.6 Å². The lowest BCUT2D eigenvalue weighted by Gasteiger charge is -2.43. The van der Waals surface area contributed by atoms with Crippen molar-refractivity contribution in [1.29, 1.82) is 0 Å². The molecule has 1 aliphatic carbocycles. The highest BCUT2D eigenvalue weighted by atomic mass is 16.5. The Morgan fingerprint density at radius 1 is 1.00 bits per heavy atom. The van der Waals surface area contributed by atoms with Crippen LogP contribution in [0, 0.1) is 23.7 Å². The maximum atomic E-state index is 12.4. The zero-order valence-electron chi connectivity index (χ0n) is 16.4. The van der Waals surface area contributed by atoms with Crippen LogP contribution in [0.4, 0.5) is 0 Å². The number of hydrogen-bond acceptors (Lipinski definition) is 2. The monoisotopic (exact) mass is 360 g/mol. The number of hydrogen-bond donors (Lipinski definition) is 0. The number of carbonyl (C=O) groups is 1. The maximum Gasteiger partial charge on any atom is 0.384 e. The Morgan fingerprint density at radius 2 is 1.63 bits per heavy atom. The first kappa shape index (κ1) is 19.2.